The predicted octanol–water partition coefficient (Wildman–Crippen LogP) is 23.5. The Balaban J connectivity index is 0.00000165. The summed E-state index contributed by atoms with van der Waals surface area (Å²) in [5, 5.41) is 0. The molecule has 424 valence electrons. The fraction of sp³-hybridized carbons (Fsp3) is 0.616. The maximum atomic E-state index is 9.90. The van der Waals surface area contributed by atoms with Gasteiger partial charge in [0, 0.05) is 0 Å². The van der Waals surface area contributed by atoms with Gasteiger partial charge in [0.1, 0.15) is 0 Å². The second-order valence-electron chi connectivity index (χ2n) is 22.1. The van der Waals surface area contributed by atoms with Crippen LogP contribution >= 0.6 is 0 Å². The van der Waals surface area contributed by atoms with Crippen molar-refractivity contribution in [3.05, 3.63) is 159 Å². The first-order chi connectivity index (χ1) is 37.0. The summed E-state index contributed by atoms with van der Waals surface area (Å²) in [4.78, 5) is 3.55. The minimum Gasteiger partial charge on any atom is -0.348 e. The topological polar surface area (TPSA) is 36.4 Å². The van der Waals surface area contributed by atoms with E-state index in [1.54, 1.807) is 0 Å². The van der Waals surface area contributed by atoms with Gasteiger partial charge in [-0.05, 0) is 84.8 Å². The Bertz CT molecular complexity index is 1980. The van der Waals surface area contributed by atoms with Gasteiger partial charge in [-0.1, -0.05) is 289 Å². The molecular formula is C73H112N2Ni. The Labute approximate surface area is 481 Å². The fourth-order valence-corrected chi connectivity index (χ4v) is 10.3. The zero-order valence-corrected chi connectivity index (χ0v) is 51.0. The first kappa shape index (κ1) is 70.3. The van der Waals surface area contributed by atoms with E-state index in [2.05, 4.69) is 113 Å². The Morgan fingerprint density at radius 2 is 0.711 bits per heavy atom. The van der Waals surface area contributed by atoms with E-state index in [0.29, 0.717) is 0 Å². The molecule has 4 aromatic carbocycles. The number of hydrogen-bond acceptors (Lipinski definition) is 0. The molecule has 0 bridgehead atoms. The molecule has 0 saturated heterocycles. The van der Waals surface area contributed by atoms with Crippen molar-refractivity contribution in [1.82, 2.24) is 0 Å². The molecule has 0 spiro atoms. The van der Waals surface area contributed by atoms with Gasteiger partial charge in [0.25, 0.3) is 0 Å². The van der Waals surface area contributed by atoms with E-state index in [4.69, 9.17) is 0 Å². The number of rotatable bonds is 42. The van der Waals surface area contributed by atoms with Gasteiger partial charge >= 0.3 is 22.4 Å². The number of allylic oxidation sites excluding steroid dienone is 2. The van der Waals surface area contributed by atoms with Crippen LogP contribution in [-0.4, -0.2) is 10.7 Å². The third kappa shape index (κ3) is 37.9. The Hall–Kier alpha value is -3.73. The molecule has 0 aliphatic rings. The molecule has 4 rings (SSSR count). The molecule has 0 aliphatic heterocycles. The van der Waals surface area contributed by atoms with Crippen LogP contribution in [0.5, 0.6) is 0 Å². The molecule has 0 heterocycles. The fourth-order valence-electron chi connectivity index (χ4n) is 10.3. The molecule has 2 nitrogen and oxygen atoms in total. The normalized spacial score (nSPS) is 11.0. The van der Waals surface area contributed by atoms with Gasteiger partial charge in [-0.25, -0.2) is 0 Å². The Morgan fingerprint density at radius 3 is 1.01 bits per heavy atom. The van der Waals surface area contributed by atoms with Crippen molar-refractivity contribution in [3.8, 4) is 0 Å². The molecule has 3 heteroatoms. The van der Waals surface area contributed by atoms with Crippen molar-refractivity contribution in [1.29, 1.82) is 0 Å². The average Bonchev–Trinajstić information content (AvgIpc) is 3.43. The minimum absolute atomic E-state index is 0. The van der Waals surface area contributed by atoms with E-state index in [0.717, 1.165) is 50.5 Å². The summed E-state index contributed by atoms with van der Waals surface area (Å²) in [6.07, 6.45) is 51.8. The third-order valence-corrected chi connectivity index (χ3v) is 15.0. The van der Waals surface area contributed by atoms with Gasteiger partial charge in [0.05, 0.1) is 5.57 Å². The molecule has 0 atom stereocenters. The summed E-state index contributed by atoms with van der Waals surface area (Å²) >= 11 is 0. The first-order valence-corrected chi connectivity index (χ1v) is 31.7. The Kier molecular flexibility index (Phi) is 48.1. The molecule has 0 fully saturated rings. The largest absolute Gasteiger partial charge is 2.00 e. The summed E-state index contributed by atoms with van der Waals surface area (Å²) < 4.78 is 0. The van der Waals surface area contributed by atoms with Crippen LogP contribution in [-0.2, 0) is 29.3 Å². The van der Waals surface area contributed by atoms with Crippen LogP contribution in [0.3, 0.4) is 0 Å². The number of benzene rings is 4. The van der Waals surface area contributed by atoms with Gasteiger partial charge < -0.3 is 5.53 Å². The molecule has 4 aromatic rings. The van der Waals surface area contributed by atoms with E-state index < -0.39 is 0 Å². The maximum absolute atomic E-state index is 9.90. The number of unbranched alkanes of at least 4 members (excludes halogenated alkanes) is 31. The van der Waals surface area contributed by atoms with Crippen molar-refractivity contribution in [3.63, 3.8) is 0 Å². The van der Waals surface area contributed by atoms with E-state index in [9.17, 15) is 5.53 Å². The number of hydrogen-bond donors (Lipinski definition) is 0. The summed E-state index contributed by atoms with van der Waals surface area (Å²) in [7, 11) is 0. The van der Waals surface area contributed by atoms with Gasteiger partial charge in [-0.3, -0.25) is 0 Å². The van der Waals surface area contributed by atoms with Gasteiger partial charge in [-0.2, -0.15) is 71.8 Å². The number of aryl methyl sites for hydroxylation is 4. The Morgan fingerprint density at radius 1 is 0.395 bits per heavy atom. The van der Waals surface area contributed by atoms with Crippen LogP contribution in [0.15, 0.2) is 108 Å². The summed E-state index contributed by atoms with van der Waals surface area (Å²) in [5.41, 5.74) is 21.8. The average molecular weight is 1080 g/mol. The maximum Gasteiger partial charge on any atom is 2.00 e. The van der Waals surface area contributed by atoms with Crippen LogP contribution in [0, 0.1) is 26.0 Å². The minimum atomic E-state index is 0. The van der Waals surface area contributed by atoms with Crippen LogP contribution in [0.4, 0.5) is 0 Å². The third-order valence-electron chi connectivity index (χ3n) is 15.0. The van der Waals surface area contributed by atoms with Crippen molar-refractivity contribution in [2.75, 3.05) is 0 Å². The second kappa shape index (κ2) is 52.0. The van der Waals surface area contributed by atoms with E-state index >= 15 is 0 Å². The van der Waals surface area contributed by atoms with Crippen molar-refractivity contribution in [2.24, 2.45) is 0 Å². The predicted molar refractivity (Wildman–Crippen MR) is 332 cm³/mol. The molecule has 0 saturated carbocycles. The molecule has 0 radical (unpaired) electrons. The van der Waals surface area contributed by atoms with Crippen molar-refractivity contribution >= 4 is 11.4 Å². The van der Waals surface area contributed by atoms with E-state index in [1.165, 1.54) is 250 Å². The molecular weight excluding hydrogens is 964 g/mol. The number of nitrogens with zero attached hydrogens (tertiary/aromatic N) is 2. The monoisotopic (exact) mass is 1070 g/mol. The van der Waals surface area contributed by atoms with Gasteiger partial charge in [0.15, 0.2) is 0 Å². The van der Waals surface area contributed by atoms with Crippen LogP contribution in [0.2, 0.25) is 0 Å². The van der Waals surface area contributed by atoms with E-state index in [-0.39, 0.29) is 16.5 Å². The van der Waals surface area contributed by atoms with Gasteiger partial charge in [-0.15, -0.1) is 4.79 Å². The standard InChI is InChI=1S/C59H98N2.2C7H7.Ni/c1-5-9-13-16-19-20-21-22-23-24-25-26-27-28-29-30-31-32-33-35-38-43-54-45-41-48-56(51-54)59(55-47-40-44-53(50-55)42-37-34-17-14-10-6-2)58(49-39-36-18-15-11-7-3)57(52-61-60)46-12-8-4;2*1-7-5-3-2-4-6-7;/h40-41,44-45,47-48,50-51H,5-39,42-43,46,49H2,1-4H3;2*3-6H,1H3;/q;2*-1;+2. The van der Waals surface area contributed by atoms with Crippen LogP contribution < -0.4 is 0 Å². The SMILES string of the molecule is CCCCCCCCCCCCCCCCCCCCCCCc1cccc(C(=C(CCCCCCCC)C(=C=[N+]=[N-])CCCC)c2cccc(CCCCCCCC)c2)c1.Cc1cc[c-]cc1.Cc1cc[c-]cc1.[Ni+2]. The van der Waals surface area contributed by atoms with E-state index in [1.807, 2.05) is 48.5 Å². The molecule has 76 heavy (non-hydrogen) atoms. The molecule has 0 aliphatic carbocycles. The van der Waals surface area contributed by atoms with Crippen molar-refractivity contribution < 1.29 is 21.3 Å². The second-order valence-corrected chi connectivity index (χ2v) is 22.1. The van der Waals surface area contributed by atoms with Crippen LogP contribution in [0.25, 0.3) is 11.1 Å². The summed E-state index contributed by atoms with van der Waals surface area (Å²) in [6.45, 7) is 13.3. The zero-order chi connectivity index (χ0) is 53.9. The van der Waals surface area contributed by atoms with Crippen molar-refractivity contribution in [2.45, 2.75) is 292 Å². The smallest absolute Gasteiger partial charge is 0.348 e. The van der Waals surface area contributed by atoms with Gasteiger partial charge in [0.2, 0.25) is 0 Å². The molecule has 0 aromatic heterocycles. The molecule has 0 N–H and O–H groups in total. The quantitative estimate of drug-likeness (QED) is 0.00807. The molecule has 0 unspecified atom stereocenters. The first-order valence-electron chi connectivity index (χ1n) is 31.7. The van der Waals surface area contributed by atoms with Crippen LogP contribution in [0.1, 0.15) is 299 Å². The zero-order valence-electron chi connectivity index (χ0n) is 50.0. The summed E-state index contributed by atoms with van der Waals surface area (Å²) in [5.74, 6) is 3.12. The molecule has 0 amide bonds. The summed E-state index contributed by atoms with van der Waals surface area (Å²) in [6, 6.07) is 40.5.